The highest BCUT2D eigenvalue weighted by Crippen LogP contribution is 2.28. The van der Waals surface area contributed by atoms with Crippen molar-refractivity contribution in [2.45, 2.75) is 6.36 Å². The molecule has 5 nitrogen and oxygen atoms in total. The molecule has 0 saturated heterocycles. The number of benzene rings is 1. The smallest absolute Gasteiger partial charge is 0.465 e. The Morgan fingerprint density at radius 1 is 1.23 bits per heavy atom. The fraction of sp³-hybridized carbons (Fsp3) is 0.143. The van der Waals surface area contributed by atoms with E-state index in [1.165, 1.54) is 31.5 Å². The summed E-state index contributed by atoms with van der Waals surface area (Å²) in [7, 11) is 1.20. The molecule has 8 heteroatoms. The van der Waals surface area contributed by atoms with Crippen LogP contribution in [0.15, 0.2) is 36.5 Å². The summed E-state index contributed by atoms with van der Waals surface area (Å²) in [5, 5.41) is 0. The molecule has 0 radical (unpaired) electrons. The molecule has 0 saturated carbocycles. The zero-order chi connectivity index (χ0) is 16.3. The minimum atomic E-state index is -4.77. The van der Waals surface area contributed by atoms with E-state index in [1.54, 1.807) is 0 Å². The van der Waals surface area contributed by atoms with Crippen LogP contribution >= 0.6 is 0 Å². The number of halogens is 3. The van der Waals surface area contributed by atoms with E-state index in [4.69, 9.17) is 5.73 Å². The number of anilines is 1. The van der Waals surface area contributed by atoms with E-state index < -0.39 is 12.3 Å². The quantitative estimate of drug-likeness (QED) is 0.882. The van der Waals surface area contributed by atoms with Crippen molar-refractivity contribution in [3.05, 3.63) is 42.1 Å². The van der Waals surface area contributed by atoms with Crippen LogP contribution in [-0.4, -0.2) is 24.4 Å². The molecular formula is C14H11F3N2O3. The lowest BCUT2D eigenvalue weighted by Crippen LogP contribution is -2.17. The Morgan fingerprint density at radius 2 is 1.86 bits per heavy atom. The van der Waals surface area contributed by atoms with Gasteiger partial charge in [0.15, 0.2) is 0 Å². The van der Waals surface area contributed by atoms with Gasteiger partial charge in [-0.05, 0) is 30.3 Å². The summed E-state index contributed by atoms with van der Waals surface area (Å²) in [5.41, 5.74) is 6.63. The second-order valence-corrected chi connectivity index (χ2v) is 4.23. The van der Waals surface area contributed by atoms with E-state index >= 15 is 0 Å². The average Bonchev–Trinajstić information content (AvgIpc) is 2.46. The number of carbonyl (C=O) groups excluding carboxylic acids is 1. The second kappa shape index (κ2) is 5.92. The first-order chi connectivity index (χ1) is 10.3. The summed E-state index contributed by atoms with van der Waals surface area (Å²) in [5.74, 6) is -1.02. The Balaban J connectivity index is 2.38. The Labute approximate surface area is 123 Å². The van der Waals surface area contributed by atoms with Gasteiger partial charge in [0.1, 0.15) is 5.75 Å². The zero-order valence-corrected chi connectivity index (χ0v) is 11.3. The van der Waals surface area contributed by atoms with Crippen molar-refractivity contribution >= 4 is 11.7 Å². The molecule has 0 amide bonds. The van der Waals surface area contributed by atoms with E-state index in [0.29, 0.717) is 5.56 Å². The summed E-state index contributed by atoms with van der Waals surface area (Å²) >= 11 is 0. The molecule has 0 aliphatic heterocycles. The highest BCUT2D eigenvalue weighted by molar-refractivity contribution is 5.96. The first-order valence-corrected chi connectivity index (χ1v) is 6.00. The zero-order valence-electron chi connectivity index (χ0n) is 11.3. The predicted molar refractivity (Wildman–Crippen MR) is 72.1 cm³/mol. The number of ether oxygens (including phenoxy) is 2. The van der Waals surface area contributed by atoms with Crippen LogP contribution in [0.2, 0.25) is 0 Å². The van der Waals surface area contributed by atoms with Crippen LogP contribution in [0.25, 0.3) is 11.3 Å². The van der Waals surface area contributed by atoms with Gasteiger partial charge in [0, 0.05) is 5.56 Å². The SMILES string of the molecule is COC(=O)c1cc(N)cnc1-c1ccc(OC(F)(F)F)cc1. The minimum absolute atomic E-state index is 0.118. The molecular weight excluding hydrogens is 301 g/mol. The predicted octanol–water partition coefficient (Wildman–Crippen LogP) is 3.02. The number of nitrogens with zero attached hydrogens (tertiary/aromatic N) is 1. The monoisotopic (exact) mass is 312 g/mol. The molecule has 0 spiro atoms. The van der Waals surface area contributed by atoms with Gasteiger partial charge in [0.2, 0.25) is 0 Å². The van der Waals surface area contributed by atoms with Gasteiger partial charge in [-0.3, -0.25) is 4.98 Å². The van der Waals surface area contributed by atoms with E-state index in [2.05, 4.69) is 14.5 Å². The normalized spacial score (nSPS) is 11.1. The van der Waals surface area contributed by atoms with Crippen LogP contribution in [0.3, 0.4) is 0 Å². The number of hydrogen-bond acceptors (Lipinski definition) is 5. The number of rotatable bonds is 3. The Morgan fingerprint density at radius 3 is 2.41 bits per heavy atom. The Hall–Kier alpha value is -2.77. The summed E-state index contributed by atoms with van der Waals surface area (Å²) < 4.78 is 44.8. The fourth-order valence-electron chi connectivity index (χ4n) is 1.79. The molecule has 1 heterocycles. The molecule has 0 aliphatic rings. The summed E-state index contributed by atoms with van der Waals surface area (Å²) in [6.07, 6.45) is -3.43. The van der Waals surface area contributed by atoms with Gasteiger partial charge in [0.05, 0.1) is 30.3 Å². The maximum Gasteiger partial charge on any atom is 0.573 e. The van der Waals surface area contributed by atoms with Crippen LogP contribution in [-0.2, 0) is 4.74 Å². The molecule has 0 bridgehead atoms. The number of esters is 1. The number of methoxy groups -OCH3 is 1. The lowest BCUT2D eigenvalue weighted by molar-refractivity contribution is -0.274. The molecule has 0 fully saturated rings. The minimum Gasteiger partial charge on any atom is -0.465 e. The number of carbonyl (C=O) groups is 1. The van der Waals surface area contributed by atoms with Crippen molar-refractivity contribution in [1.29, 1.82) is 0 Å². The van der Waals surface area contributed by atoms with Gasteiger partial charge >= 0.3 is 12.3 Å². The van der Waals surface area contributed by atoms with Gasteiger partial charge in [-0.1, -0.05) is 0 Å². The lowest BCUT2D eigenvalue weighted by Gasteiger charge is -2.11. The number of nitrogen functional groups attached to an aromatic ring is 1. The number of nitrogens with two attached hydrogens (primary N) is 1. The van der Waals surface area contributed by atoms with E-state index in [9.17, 15) is 18.0 Å². The topological polar surface area (TPSA) is 74.4 Å². The fourth-order valence-corrected chi connectivity index (χ4v) is 1.79. The van der Waals surface area contributed by atoms with Crippen molar-refractivity contribution in [1.82, 2.24) is 4.98 Å². The molecule has 1 aromatic carbocycles. The summed E-state index contributed by atoms with van der Waals surface area (Å²) in [4.78, 5) is 15.8. The van der Waals surface area contributed by atoms with E-state index in [-0.39, 0.29) is 22.7 Å². The van der Waals surface area contributed by atoms with Gasteiger partial charge in [-0.15, -0.1) is 13.2 Å². The number of alkyl halides is 3. The molecule has 22 heavy (non-hydrogen) atoms. The first-order valence-electron chi connectivity index (χ1n) is 6.00. The van der Waals surface area contributed by atoms with Crippen molar-refractivity contribution in [3.63, 3.8) is 0 Å². The molecule has 0 atom stereocenters. The molecule has 2 rings (SSSR count). The molecule has 0 aliphatic carbocycles. The van der Waals surface area contributed by atoms with Crippen LogP contribution in [0, 0.1) is 0 Å². The standard InChI is InChI=1S/C14H11F3N2O3/c1-21-13(20)11-6-9(18)7-19-12(11)8-2-4-10(5-3-8)22-14(15,16)17/h2-7H,18H2,1H3. The lowest BCUT2D eigenvalue weighted by atomic mass is 10.1. The Bertz CT molecular complexity index is 685. The number of hydrogen-bond donors (Lipinski definition) is 1. The van der Waals surface area contributed by atoms with Gasteiger partial charge in [-0.2, -0.15) is 0 Å². The van der Waals surface area contributed by atoms with Crippen molar-refractivity contribution in [2.75, 3.05) is 12.8 Å². The summed E-state index contributed by atoms with van der Waals surface area (Å²) in [6, 6.07) is 6.34. The van der Waals surface area contributed by atoms with Gasteiger partial charge in [-0.25, -0.2) is 4.79 Å². The maximum atomic E-state index is 12.1. The largest absolute Gasteiger partial charge is 0.573 e. The third-order valence-electron chi connectivity index (χ3n) is 2.68. The van der Waals surface area contributed by atoms with Gasteiger partial charge in [0.25, 0.3) is 0 Å². The van der Waals surface area contributed by atoms with Crippen molar-refractivity contribution < 1.29 is 27.4 Å². The van der Waals surface area contributed by atoms with E-state index in [1.807, 2.05) is 0 Å². The molecule has 116 valence electrons. The van der Waals surface area contributed by atoms with Crippen LogP contribution in [0.4, 0.5) is 18.9 Å². The number of pyridine rings is 1. The molecule has 2 N–H and O–H groups in total. The first kappa shape index (κ1) is 15.6. The number of aromatic nitrogens is 1. The van der Waals surface area contributed by atoms with Crippen LogP contribution in [0.1, 0.15) is 10.4 Å². The van der Waals surface area contributed by atoms with E-state index in [0.717, 1.165) is 12.1 Å². The van der Waals surface area contributed by atoms with Crippen molar-refractivity contribution in [2.24, 2.45) is 0 Å². The van der Waals surface area contributed by atoms with Gasteiger partial charge < -0.3 is 15.2 Å². The van der Waals surface area contributed by atoms with Crippen LogP contribution < -0.4 is 10.5 Å². The summed E-state index contributed by atoms with van der Waals surface area (Å²) in [6.45, 7) is 0. The maximum absolute atomic E-state index is 12.1. The van der Waals surface area contributed by atoms with Crippen LogP contribution in [0.5, 0.6) is 5.75 Å². The molecule has 2 aromatic rings. The highest BCUT2D eigenvalue weighted by atomic mass is 19.4. The van der Waals surface area contributed by atoms with Crippen molar-refractivity contribution in [3.8, 4) is 17.0 Å². The molecule has 0 unspecified atom stereocenters. The second-order valence-electron chi connectivity index (χ2n) is 4.23. The third-order valence-corrected chi connectivity index (χ3v) is 2.68. The Kier molecular flexibility index (Phi) is 4.20. The average molecular weight is 312 g/mol. The molecule has 1 aromatic heterocycles. The highest BCUT2D eigenvalue weighted by Gasteiger charge is 2.31. The third kappa shape index (κ3) is 3.66.